The van der Waals surface area contributed by atoms with E-state index in [1.54, 1.807) is 0 Å². The van der Waals surface area contributed by atoms with Gasteiger partial charge in [-0.25, -0.2) is 9.97 Å². The molecule has 6 nitrogen and oxygen atoms in total. The molecule has 0 bridgehead atoms. The third kappa shape index (κ3) is 4.47. The predicted molar refractivity (Wildman–Crippen MR) is 79.5 cm³/mol. The molecule has 0 saturated carbocycles. The molecular formula is C15H24N4O2. The number of primary amides is 1. The van der Waals surface area contributed by atoms with E-state index in [2.05, 4.69) is 14.9 Å². The van der Waals surface area contributed by atoms with Crippen molar-refractivity contribution in [1.82, 2.24) is 14.9 Å². The lowest BCUT2D eigenvalue weighted by Crippen LogP contribution is -2.36. The summed E-state index contributed by atoms with van der Waals surface area (Å²) in [5.41, 5.74) is 6.98. The summed E-state index contributed by atoms with van der Waals surface area (Å²) in [4.78, 5) is 22.4. The van der Waals surface area contributed by atoms with Crippen molar-refractivity contribution in [2.45, 2.75) is 45.1 Å². The molecule has 1 saturated heterocycles. The van der Waals surface area contributed by atoms with E-state index in [0.717, 1.165) is 43.0 Å². The van der Waals surface area contributed by atoms with Gasteiger partial charge in [-0.2, -0.15) is 0 Å². The Labute approximate surface area is 125 Å². The maximum atomic E-state index is 10.9. The Morgan fingerprint density at radius 2 is 2.29 bits per heavy atom. The average Bonchev–Trinajstić information content (AvgIpc) is 2.45. The zero-order valence-corrected chi connectivity index (χ0v) is 12.6. The number of hydrogen-bond acceptors (Lipinski definition) is 5. The predicted octanol–water partition coefficient (Wildman–Crippen LogP) is 0.722. The lowest BCUT2D eigenvalue weighted by Gasteiger charge is -2.34. The van der Waals surface area contributed by atoms with Crippen molar-refractivity contribution in [3.05, 3.63) is 23.3 Å². The van der Waals surface area contributed by atoms with Crippen molar-refractivity contribution in [1.29, 1.82) is 0 Å². The number of carbonyl (C=O) groups is 1. The molecule has 2 heterocycles. The van der Waals surface area contributed by atoms with Gasteiger partial charge >= 0.3 is 0 Å². The number of aromatic nitrogens is 2. The molecule has 1 amide bonds. The molecule has 1 aromatic rings. The molecule has 0 aromatic carbocycles. The van der Waals surface area contributed by atoms with Crippen LogP contribution in [0.1, 0.15) is 48.9 Å². The smallest absolute Gasteiger partial charge is 0.217 e. The van der Waals surface area contributed by atoms with Gasteiger partial charge in [0, 0.05) is 24.4 Å². The van der Waals surface area contributed by atoms with Crippen LogP contribution in [0.3, 0.4) is 0 Å². The van der Waals surface area contributed by atoms with Crippen molar-refractivity contribution in [3.63, 3.8) is 0 Å². The monoisotopic (exact) mass is 292 g/mol. The summed E-state index contributed by atoms with van der Waals surface area (Å²) in [5, 5.41) is 9.20. The molecule has 1 atom stereocenters. The van der Waals surface area contributed by atoms with Crippen LogP contribution in [0.2, 0.25) is 0 Å². The summed E-state index contributed by atoms with van der Waals surface area (Å²) >= 11 is 0. The third-order valence-corrected chi connectivity index (χ3v) is 3.85. The van der Waals surface area contributed by atoms with E-state index in [-0.39, 0.29) is 18.6 Å². The Kier molecular flexibility index (Phi) is 5.64. The Morgan fingerprint density at radius 3 is 3.00 bits per heavy atom. The maximum Gasteiger partial charge on any atom is 0.217 e. The van der Waals surface area contributed by atoms with Crippen LogP contribution in [-0.2, 0) is 11.2 Å². The Morgan fingerprint density at radius 1 is 1.48 bits per heavy atom. The molecule has 21 heavy (non-hydrogen) atoms. The minimum absolute atomic E-state index is 0.150. The van der Waals surface area contributed by atoms with Crippen molar-refractivity contribution in [2.75, 3.05) is 19.7 Å². The Hall–Kier alpha value is -1.53. The molecule has 2 rings (SSSR count). The van der Waals surface area contributed by atoms with Gasteiger partial charge in [0.2, 0.25) is 5.91 Å². The summed E-state index contributed by atoms with van der Waals surface area (Å²) < 4.78 is 0. The number of aliphatic hydroxyl groups excluding tert-OH is 1. The van der Waals surface area contributed by atoms with E-state index in [0.29, 0.717) is 19.4 Å². The highest BCUT2D eigenvalue weighted by Gasteiger charge is 2.26. The quantitative estimate of drug-likeness (QED) is 0.806. The summed E-state index contributed by atoms with van der Waals surface area (Å²) in [6.45, 7) is 3.72. The summed E-state index contributed by atoms with van der Waals surface area (Å²) in [5.74, 6) is 0.495. The molecule has 1 aliphatic rings. The van der Waals surface area contributed by atoms with Crippen LogP contribution in [0.4, 0.5) is 0 Å². The Bertz CT molecular complexity index is 491. The minimum Gasteiger partial charge on any atom is -0.395 e. The molecule has 1 aliphatic heterocycles. The zero-order chi connectivity index (χ0) is 15.2. The Balaban J connectivity index is 2.18. The van der Waals surface area contributed by atoms with Gasteiger partial charge < -0.3 is 10.8 Å². The second-order valence-corrected chi connectivity index (χ2v) is 5.60. The van der Waals surface area contributed by atoms with Crippen LogP contribution in [-0.4, -0.2) is 45.6 Å². The number of hydrogen-bond donors (Lipinski definition) is 2. The second kappa shape index (κ2) is 7.47. The van der Waals surface area contributed by atoms with E-state index >= 15 is 0 Å². The van der Waals surface area contributed by atoms with Crippen molar-refractivity contribution in [3.8, 4) is 0 Å². The van der Waals surface area contributed by atoms with Gasteiger partial charge in [0.25, 0.3) is 0 Å². The van der Waals surface area contributed by atoms with Crippen molar-refractivity contribution in [2.24, 2.45) is 5.73 Å². The van der Waals surface area contributed by atoms with Gasteiger partial charge in [-0.15, -0.1) is 0 Å². The van der Waals surface area contributed by atoms with Crippen molar-refractivity contribution < 1.29 is 9.90 Å². The summed E-state index contributed by atoms with van der Waals surface area (Å²) in [6.07, 6.45) is 4.18. The van der Waals surface area contributed by atoms with Crippen LogP contribution < -0.4 is 5.73 Å². The molecule has 6 heteroatoms. The van der Waals surface area contributed by atoms with Gasteiger partial charge in [0.1, 0.15) is 5.82 Å². The first-order valence-electron chi connectivity index (χ1n) is 7.58. The van der Waals surface area contributed by atoms with Gasteiger partial charge in [0.05, 0.1) is 12.6 Å². The summed E-state index contributed by atoms with van der Waals surface area (Å²) in [7, 11) is 0. The average molecular weight is 292 g/mol. The minimum atomic E-state index is -0.313. The molecular weight excluding hydrogens is 268 g/mol. The number of β-amino-alcohol motifs (C(OH)–C–C–N with tert-alkyl or cyclic N) is 1. The van der Waals surface area contributed by atoms with Crippen LogP contribution in [0.15, 0.2) is 6.07 Å². The number of nitrogens with two attached hydrogens (primary N) is 1. The first-order valence-corrected chi connectivity index (χ1v) is 7.58. The zero-order valence-electron chi connectivity index (χ0n) is 12.6. The summed E-state index contributed by atoms with van der Waals surface area (Å²) in [6, 6.07) is 2.07. The molecule has 116 valence electrons. The van der Waals surface area contributed by atoms with Gasteiger partial charge in [-0.1, -0.05) is 6.42 Å². The first-order chi connectivity index (χ1) is 10.1. The number of amides is 1. The highest BCUT2D eigenvalue weighted by atomic mass is 16.3. The number of rotatable bonds is 6. The van der Waals surface area contributed by atoms with E-state index < -0.39 is 0 Å². The number of aryl methyl sites for hydroxylation is 2. The topological polar surface area (TPSA) is 92.3 Å². The maximum absolute atomic E-state index is 10.9. The number of aliphatic hydroxyl groups is 1. The molecule has 1 aromatic heterocycles. The number of likely N-dealkylation sites (tertiary alicyclic amines) is 1. The van der Waals surface area contributed by atoms with Gasteiger partial charge in [-0.3, -0.25) is 9.69 Å². The fraction of sp³-hybridized carbons (Fsp3) is 0.667. The highest BCUT2D eigenvalue weighted by molar-refractivity contribution is 5.73. The van der Waals surface area contributed by atoms with Crippen LogP contribution >= 0.6 is 0 Å². The third-order valence-electron chi connectivity index (χ3n) is 3.85. The SMILES string of the molecule is Cc1cc(CCC(N)=O)nc([C@@H]2CCCCN2CCO)n1. The van der Waals surface area contributed by atoms with E-state index in [1.807, 2.05) is 13.0 Å². The van der Waals surface area contributed by atoms with E-state index in [4.69, 9.17) is 5.73 Å². The van der Waals surface area contributed by atoms with Gasteiger partial charge in [-0.05, 0) is 38.8 Å². The molecule has 3 N–H and O–H groups in total. The van der Waals surface area contributed by atoms with Crippen LogP contribution in [0.5, 0.6) is 0 Å². The normalized spacial score (nSPS) is 19.6. The number of carbonyl (C=O) groups excluding carboxylic acids is 1. The molecule has 0 aliphatic carbocycles. The molecule has 0 spiro atoms. The van der Waals surface area contributed by atoms with E-state index in [1.165, 1.54) is 0 Å². The van der Waals surface area contributed by atoms with Crippen LogP contribution in [0.25, 0.3) is 0 Å². The largest absolute Gasteiger partial charge is 0.395 e. The molecule has 0 unspecified atom stereocenters. The van der Waals surface area contributed by atoms with Crippen molar-refractivity contribution >= 4 is 5.91 Å². The lowest BCUT2D eigenvalue weighted by molar-refractivity contribution is -0.118. The van der Waals surface area contributed by atoms with E-state index in [9.17, 15) is 9.90 Å². The highest BCUT2D eigenvalue weighted by Crippen LogP contribution is 2.28. The lowest BCUT2D eigenvalue weighted by atomic mass is 10.0. The fourth-order valence-corrected chi connectivity index (χ4v) is 2.87. The second-order valence-electron chi connectivity index (χ2n) is 5.60. The number of piperidine rings is 1. The fourth-order valence-electron chi connectivity index (χ4n) is 2.87. The molecule has 0 radical (unpaired) electrons. The van der Waals surface area contributed by atoms with Crippen LogP contribution in [0, 0.1) is 6.92 Å². The first kappa shape index (κ1) is 15.9. The standard InChI is InChI=1S/C15H24N4O2/c1-11-10-12(5-6-14(16)21)18-15(17-11)13-4-2-3-7-19(13)8-9-20/h10,13,20H,2-9H2,1H3,(H2,16,21)/t13-/m0/s1. The van der Waals surface area contributed by atoms with Gasteiger partial charge in [0.15, 0.2) is 0 Å². The number of nitrogens with zero attached hydrogens (tertiary/aromatic N) is 3. The molecule has 1 fully saturated rings.